The maximum Gasteiger partial charge on any atom is 0.407 e. The molecule has 1 saturated carbocycles. The number of fused-ring (bicyclic) bond motifs is 3. The number of alkyl carbamates (subject to hydrolysis) is 1. The number of likely N-dealkylation sites (tertiary alicyclic amines) is 1. The highest BCUT2D eigenvalue weighted by atomic mass is 16.5. The van der Waals surface area contributed by atoms with Crippen LogP contribution in [-0.4, -0.2) is 53.2 Å². The number of hydrogen-bond donors (Lipinski definition) is 2. The Kier molecular flexibility index (Phi) is 6.26. The molecule has 2 N–H and O–H groups in total. The fourth-order valence-corrected chi connectivity index (χ4v) is 5.88. The molecule has 2 aliphatic carbocycles. The predicted octanol–water partition coefficient (Wildman–Crippen LogP) is 4.16. The van der Waals surface area contributed by atoms with Crippen LogP contribution in [0.1, 0.15) is 55.6 Å². The number of aliphatic carboxylic acids is 1. The molecule has 0 radical (unpaired) electrons. The summed E-state index contributed by atoms with van der Waals surface area (Å²) in [5.74, 6) is -1.54. The number of carbonyl (C=O) groups excluding carboxylic acids is 2. The zero-order chi connectivity index (χ0) is 23.7. The molecular weight excluding hydrogens is 432 g/mol. The Morgan fingerprint density at radius 3 is 2.26 bits per heavy atom. The molecule has 3 aliphatic rings. The minimum atomic E-state index is -0.952. The van der Waals surface area contributed by atoms with Gasteiger partial charge in [0.25, 0.3) is 0 Å². The summed E-state index contributed by atoms with van der Waals surface area (Å²) < 4.78 is 5.67. The number of carboxylic acids is 1. The summed E-state index contributed by atoms with van der Waals surface area (Å²) in [7, 11) is 0. The highest BCUT2D eigenvalue weighted by molar-refractivity contribution is 5.86. The van der Waals surface area contributed by atoms with Crippen LogP contribution in [0.2, 0.25) is 0 Å². The van der Waals surface area contributed by atoms with Gasteiger partial charge in [-0.15, -0.1) is 0 Å². The molecule has 0 spiro atoms. The lowest BCUT2D eigenvalue weighted by Gasteiger charge is -2.36. The average molecular weight is 463 g/mol. The zero-order valence-electron chi connectivity index (χ0n) is 19.1. The summed E-state index contributed by atoms with van der Waals surface area (Å²) >= 11 is 0. The number of amides is 2. The SMILES string of the molecule is O=C(NC1CCCC1C(=O)N1CCCCC1C(=O)O)OCC1c2ccccc2-c2ccccc21. The Morgan fingerprint density at radius 1 is 0.912 bits per heavy atom. The standard InChI is InChI=1S/C27H30N2O5/c30-25(29-15-6-5-14-24(29)26(31)32)21-12-7-13-23(21)28-27(33)34-16-22-19-10-3-1-8-17(19)18-9-2-4-11-20(18)22/h1-4,8-11,21-24H,5-7,12-16H2,(H,28,33)(H,31,32). The lowest BCUT2D eigenvalue weighted by molar-refractivity contribution is -0.154. The summed E-state index contributed by atoms with van der Waals surface area (Å²) in [5, 5.41) is 12.5. The minimum absolute atomic E-state index is 0.0242. The van der Waals surface area contributed by atoms with Crippen molar-refractivity contribution >= 4 is 18.0 Å². The van der Waals surface area contributed by atoms with Gasteiger partial charge < -0.3 is 20.1 Å². The van der Waals surface area contributed by atoms with Crippen molar-refractivity contribution in [3.63, 3.8) is 0 Å². The molecule has 1 heterocycles. The number of carbonyl (C=O) groups is 3. The molecule has 0 aromatic heterocycles. The van der Waals surface area contributed by atoms with Crippen LogP contribution in [0, 0.1) is 5.92 Å². The summed E-state index contributed by atoms with van der Waals surface area (Å²) in [5.41, 5.74) is 4.64. The summed E-state index contributed by atoms with van der Waals surface area (Å²) in [6.07, 6.45) is 3.73. The van der Waals surface area contributed by atoms with Gasteiger partial charge in [0.15, 0.2) is 0 Å². The van der Waals surface area contributed by atoms with Crippen LogP contribution in [0.3, 0.4) is 0 Å². The van der Waals surface area contributed by atoms with Gasteiger partial charge in [0.2, 0.25) is 5.91 Å². The zero-order valence-corrected chi connectivity index (χ0v) is 19.1. The number of carboxylic acid groups (broad SMARTS) is 1. The summed E-state index contributed by atoms with van der Waals surface area (Å²) in [6.45, 7) is 0.683. The first kappa shape index (κ1) is 22.4. The van der Waals surface area contributed by atoms with E-state index >= 15 is 0 Å². The minimum Gasteiger partial charge on any atom is -0.480 e. The first-order valence-corrected chi connectivity index (χ1v) is 12.2. The van der Waals surface area contributed by atoms with E-state index in [1.807, 2.05) is 24.3 Å². The second kappa shape index (κ2) is 9.49. The first-order chi connectivity index (χ1) is 16.5. The molecular formula is C27H30N2O5. The van der Waals surface area contributed by atoms with Crippen LogP contribution in [0.4, 0.5) is 4.79 Å². The third kappa shape index (κ3) is 4.15. The number of piperidine rings is 1. The van der Waals surface area contributed by atoms with Crippen molar-refractivity contribution in [3.05, 3.63) is 59.7 Å². The van der Waals surface area contributed by atoms with Gasteiger partial charge in [0.05, 0.1) is 5.92 Å². The Hall–Kier alpha value is -3.35. The molecule has 1 saturated heterocycles. The number of ether oxygens (including phenoxy) is 1. The smallest absolute Gasteiger partial charge is 0.407 e. The Bertz CT molecular complexity index is 1050. The topological polar surface area (TPSA) is 95.9 Å². The second-order valence-electron chi connectivity index (χ2n) is 9.50. The molecule has 2 aromatic rings. The van der Waals surface area contributed by atoms with Crippen molar-refractivity contribution in [1.29, 1.82) is 0 Å². The molecule has 34 heavy (non-hydrogen) atoms. The Balaban J connectivity index is 1.23. The van der Waals surface area contributed by atoms with Crippen LogP contribution in [0.25, 0.3) is 11.1 Å². The molecule has 3 atom stereocenters. The van der Waals surface area contributed by atoms with Crippen molar-refractivity contribution in [1.82, 2.24) is 10.2 Å². The number of hydrogen-bond acceptors (Lipinski definition) is 4. The summed E-state index contributed by atoms with van der Waals surface area (Å²) in [4.78, 5) is 39.1. The molecule has 178 valence electrons. The first-order valence-electron chi connectivity index (χ1n) is 12.2. The highest BCUT2D eigenvalue weighted by Crippen LogP contribution is 2.44. The Morgan fingerprint density at radius 2 is 1.59 bits per heavy atom. The average Bonchev–Trinajstić information content (AvgIpc) is 3.44. The van der Waals surface area contributed by atoms with Crippen molar-refractivity contribution in [2.75, 3.05) is 13.2 Å². The third-order valence-corrected chi connectivity index (χ3v) is 7.55. The third-order valence-electron chi connectivity index (χ3n) is 7.55. The molecule has 5 rings (SSSR count). The van der Waals surface area contributed by atoms with E-state index in [1.54, 1.807) is 0 Å². The maximum atomic E-state index is 13.2. The van der Waals surface area contributed by atoms with E-state index < -0.39 is 24.0 Å². The van der Waals surface area contributed by atoms with Crippen molar-refractivity contribution in [3.8, 4) is 11.1 Å². The van der Waals surface area contributed by atoms with Gasteiger partial charge in [0.1, 0.15) is 12.6 Å². The van der Waals surface area contributed by atoms with E-state index in [4.69, 9.17) is 4.74 Å². The largest absolute Gasteiger partial charge is 0.480 e. The summed E-state index contributed by atoms with van der Waals surface area (Å²) in [6, 6.07) is 15.3. The molecule has 7 heteroatoms. The molecule has 2 amide bonds. The lowest BCUT2D eigenvalue weighted by Crippen LogP contribution is -2.53. The number of nitrogens with one attached hydrogen (secondary N) is 1. The van der Waals surface area contributed by atoms with Crippen LogP contribution >= 0.6 is 0 Å². The van der Waals surface area contributed by atoms with Gasteiger partial charge in [-0.3, -0.25) is 4.79 Å². The molecule has 2 aromatic carbocycles. The Labute approximate surface area is 199 Å². The van der Waals surface area contributed by atoms with Gasteiger partial charge in [-0.1, -0.05) is 55.0 Å². The van der Waals surface area contributed by atoms with Crippen LogP contribution in [0.5, 0.6) is 0 Å². The molecule has 1 aliphatic heterocycles. The van der Waals surface area contributed by atoms with E-state index in [0.29, 0.717) is 25.8 Å². The van der Waals surface area contributed by atoms with Crippen molar-refractivity contribution in [2.24, 2.45) is 5.92 Å². The second-order valence-corrected chi connectivity index (χ2v) is 9.50. The molecule has 0 bridgehead atoms. The number of nitrogens with zero attached hydrogens (tertiary/aromatic N) is 1. The number of benzene rings is 2. The van der Waals surface area contributed by atoms with E-state index in [9.17, 15) is 19.5 Å². The highest BCUT2D eigenvalue weighted by Gasteiger charge is 2.41. The fourth-order valence-electron chi connectivity index (χ4n) is 5.88. The lowest BCUT2D eigenvalue weighted by atomic mass is 9.96. The van der Waals surface area contributed by atoms with Crippen LogP contribution < -0.4 is 5.32 Å². The molecule has 3 unspecified atom stereocenters. The predicted molar refractivity (Wildman–Crippen MR) is 126 cm³/mol. The molecule has 7 nitrogen and oxygen atoms in total. The van der Waals surface area contributed by atoms with E-state index in [1.165, 1.54) is 16.0 Å². The van der Waals surface area contributed by atoms with E-state index in [0.717, 1.165) is 30.4 Å². The maximum absolute atomic E-state index is 13.2. The normalized spacial score (nSPS) is 23.8. The monoisotopic (exact) mass is 462 g/mol. The van der Waals surface area contributed by atoms with Crippen LogP contribution in [-0.2, 0) is 14.3 Å². The molecule has 2 fully saturated rings. The van der Waals surface area contributed by atoms with E-state index in [2.05, 4.69) is 29.6 Å². The van der Waals surface area contributed by atoms with Crippen molar-refractivity contribution in [2.45, 2.75) is 56.5 Å². The van der Waals surface area contributed by atoms with E-state index in [-0.39, 0.29) is 24.5 Å². The van der Waals surface area contributed by atoms with Gasteiger partial charge in [-0.2, -0.15) is 0 Å². The fraction of sp³-hybridized carbons (Fsp3) is 0.444. The van der Waals surface area contributed by atoms with Crippen molar-refractivity contribution < 1.29 is 24.2 Å². The number of rotatable bonds is 5. The van der Waals surface area contributed by atoms with Gasteiger partial charge in [-0.05, 0) is 54.4 Å². The van der Waals surface area contributed by atoms with Crippen LogP contribution in [0.15, 0.2) is 48.5 Å². The van der Waals surface area contributed by atoms with Gasteiger partial charge in [-0.25, -0.2) is 9.59 Å². The van der Waals surface area contributed by atoms with Gasteiger partial charge >= 0.3 is 12.1 Å². The van der Waals surface area contributed by atoms with Gasteiger partial charge in [0, 0.05) is 18.5 Å². The quantitative estimate of drug-likeness (QED) is 0.696.